The lowest BCUT2D eigenvalue weighted by molar-refractivity contribution is -0.153. The molecule has 29 heavy (non-hydrogen) atoms. The molecule has 0 radical (unpaired) electrons. The summed E-state index contributed by atoms with van der Waals surface area (Å²) >= 11 is 6.07. The number of carbonyl (C=O) groups excluding carboxylic acids is 2. The maximum Gasteiger partial charge on any atom is 0.245 e. The van der Waals surface area contributed by atoms with Gasteiger partial charge in [0, 0.05) is 43.0 Å². The van der Waals surface area contributed by atoms with E-state index < -0.39 is 6.04 Å². The molecule has 3 heterocycles. The molecule has 2 amide bonds. The van der Waals surface area contributed by atoms with Crippen LogP contribution in [0, 0.1) is 5.92 Å². The summed E-state index contributed by atoms with van der Waals surface area (Å²) in [7, 11) is 0. The predicted molar refractivity (Wildman–Crippen MR) is 111 cm³/mol. The van der Waals surface area contributed by atoms with E-state index in [9.17, 15) is 9.59 Å². The van der Waals surface area contributed by atoms with Gasteiger partial charge >= 0.3 is 0 Å². The maximum atomic E-state index is 12.8. The summed E-state index contributed by atoms with van der Waals surface area (Å²) in [5.74, 6) is 0.365. The highest BCUT2D eigenvalue weighted by Gasteiger charge is 2.43. The Morgan fingerprint density at radius 1 is 1.28 bits per heavy atom. The van der Waals surface area contributed by atoms with Crippen LogP contribution in [-0.2, 0) is 16.1 Å². The highest BCUT2D eigenvalue weighted by Crippen LogP contribution is 2.21. The van der Waals surface area contributed by atoms with Crippen molar-refractivity contribution in [3.05, 3.63) is 47.2 Å². The fourth-order valence-electron chi connectivity index (χ4n) is 4.09. The number of carbonyl (C=O) groups is 2. The van der Waals surface area contributed by atoms with Crippen LogP contribution in [0.3, 0.4) is 0 Å². The molecule has 2 aliphatic heterocycles. The van der Waals surface area contributed by atoms with Crippen molar-refractivity contribution in [1.82, 2.24) is 24.9 Å². The number of hydrogen-bond donors (Lipinski definition) is 1. The minimum atomic E-state index is -0.414. The zero-order chi connectivity index (χ0) is 20.5. The van der Waals surface area contributed by atoms with Crippen molar-refractivity contribution in [2.75, 3.05) is 19.6 Å². The molecule has 2 fully saturated rings. The summed E-state index contributed by atoms with van der Waals surface area (Å²) in [5.41, 5.74) is 1.96. The Kier molecular flexibility index (Phi) is 5.61. The SMILES string of the molecule is CC(C)C[C@H]1NC(=O)[C@H]2CN(Cc3cnn(-c4cccc(Cl)c4)c3)CCN2C1=O. The fourth-order valence-corrected chi connectivity index (χ4v) is 4.28. The first-order valence-electron chi connectivity index (χ1n) is 10.0. The smallest absolute Gasteiger partial charge is 0.245 e. The summed E-state index contributed by atoms with van der Waals surface area (Å²) in [5, 5.41) is 8.02. The van der Waals surface area contributed by atoms with Gasteiger partial charge in [0.15, 0.2) is 0 Å². The lowest BCUT2D eigenvalue weighted by atomic mass is 9.97. The molecule has 1 aromatic carbocycles. The van der Waals surface area contributed by atoms with E-state index in [0.29, 0.717) is 37.0 Å². The number of fused-ring (bicyclic) bond motifs is 1. The molecule has 0 bridgehead atoms. The molecule has 0 saturated carbocycles. The van der Waals surface area contributed by atoms with Crippen LogP contribution in [0.1, 0.15) is 25.8 Å². The van der Waals surface area contributed by atoms with Gasteiger partial charge in [-0.15, -0.1) is 0 Å². The van der Waals surface area contributed by atoms with Gasteiger partial charge in [-0.25, -0.2) is 4.68 Å². The van der Waals surface area contributed by atoms with E-state index in [0.717, 1.165) is 17.8 Å². The Morgan fingerprint density at radius 2 is 2.10 bits per heavy atom. The summed E-state index contributed by atoms with van der Waals surface area (Å²) < 4.78 is 1.80. The largest absolute Gasteiger partial charge is 0.342 e. The first-order chi connectivity index (χ1) is 13.9. The molecule has 1 N–H and O–H groups in total. The van der Waals surface area contributed by atoms with Gasteiger partial charge in [-0.05, 0) is 30.5 Å². The first kappa shape index (κ1) is 19.9. The predicted octanol–water partition coefficient (Wildman–Crippen LogP) is 2.08. The van der Waals surface area contributed by atoms with Crippen LogP contribution in [0.25, 0.3) is 5.69 Å². The summed E-state index contributed by atoms with van der Waals surface area (Å²) in [6.45, 7) is 6.66. The van der Waals surface area contributed by atoms with Crippen LogP contribution in [0.2, 0.25) is 5.02 Å². The van der Waals surface area contributed by atoms with E-state index >= 15 is 0 Å². The van der Waals surface area contributed by atoms with E-state index in [2.05, 4.69) is 29.2 Å². The number of benzene rings is 1. The van der Waals surface area contributed by atoms with Gasteiger partial charge in [0.2, 0.25) is 11.8 Å². The van der Waals surface area contributed by atoms with E-state index in [-0.39, 0.29) is 17.9 Å². The molecule has 2 aliphatic rings. The Labute approximate surface area is 175 Å². The standard InChI is InChI=1S/C21H26ClN5O2/c1-14(2)8-18-21(29)26-7-6-25(13-19(26)20(28)24-18)11-15-10-23-27(12-15)17-5-3-4-16(22)9-17/h3-5,9-10,12,14,18-19H,6-8,11,13H2,1-2H3,(H,24,28)/t18-,19-/m1/s1. The van der Waals surface area contributed by atoms with Crippen LogP contribution < -0.4 is 5.32 Å². The molecule has 1 aromatic heterocycles. The zero-order valence-corrected chi connectivity index (χ0v) is 17.5. The lowest BCUT2D eigenvalue weighted by Gasteiger charge is -2.45. The highest BCUT2D eigenvalue weighted by atomic mass is 35.5. The zero-order valence-electron chi connectivity index (χ0n) is 16.7. The topological polar surface area (TPSA) is 70.5 Å². The number of rotatable bonds is 5. The Bertz CT molecular complexity index is 912. The second-order valence-corrected chi connectivity index (χ2v) is 8.68. The van der Waals surface area contributed by atoms with E-state index in [1.807, 2.05) is 36.7 Å². The van der Waals surface area contributed by atoms with Crippen LogP contribution in [-0.4, -0.2) is 63.1 Å². The van der Waals surface area contributed by atoms with E-state index in [1.165, 1.54) is 0 Å². The molecule has 0 spiro atoms. The van der Waals surface area contributed by atoms with Crippen molar-refractivity contribution in [1.29, 1.82) is 0 Å². The third-order valence-corrected chi connectivity index (χ3v) is 5.72. The molecular weight excluding hydrogens is 390 g/mol. The van der Waals surface area contributed by atoms with Crippen LogP contribution in [0.15, 0.2) is 36.7 Å². The number of aromatic nitrogens is 2. The van der Waals surface area contributed by atoms with Crippen molar-refractivity contribution in [3.8, 4) is 5.69 Å². The van der Waals surface area contributed by atoms with Crippen molar-refractivity contribution in [2.45, 2.75) is 38.9 Å². The van der Waals surface area contributed by atoms with Crippen LogP contribution in [0.4, 0.5) is 0 Å². The number of piperazine rings is 2. The molecule has 2 aromatic rings. The van der Waals surface area contributed by atoms with Gasteiger partial charge in [0.1, 0.15) is 12.1 Å². The van der Waals surface area contributed by atoms with Gasteiger partial charge in [0.05, 0.1) is 11.9 Å². The number of amides is 2. The molecule has 2 atom stereocenters. The van der Waals surface area contributed by atoms with Crippen LogP contribution in [0.5, 0.6) is 0 Å². The average Bonchev–Trinajstić information content (AvgIpc) is 3.14. The molecule has 4 rings (SSSR count). The minimum absolute atomic E-state index is 0.0467. The summed E-state index contributed by atoms with van der Waals surface area (Å²) in [4.78, 5) is 29.4. The number of nitrogens with zero attached hydrogens (tertiary/aromatic N) is 4. The van der Waals surface area contributed by atoms with Gasteiger partial charge in [-0.3, -0.25) is 14.5 Å². The molecule has 7 nitrogen and oxygen atoms in total. The Balaban J connectivity index is 1.41. The normalized spacial score (nSPS) is 22.7. The molecule has 2 saturated heterocycles. The number of nitrogens with one attached hydrogen (secondary N) is 1. The van der Waals surface area contributed by atoms with E-state index in [4.69, 9.17) is 11.6 Å². The van der Waals surface area contributed by atoms with Gasteiger partial charge < -0.3 is 10.2 Å². The molecule has 0 aliphatic carbocycles. The Hall–Kier alpha value is -2.38. The number of halogens is 1. The second kappa shape index (κ2) is 8.16. The maximum absolute atomic E-state index is 12.8. The number of hydrogen-bond acceptors (Lipinski definition) is 4. The third kappa shape index (κ3) is 4.31. The fraction of sp³-hybridized carbons (Fsp3) is 0.476. The van der Waals surface area contributed by atoms with Gasteiger partial charge in [0.25, 0.3) is 0 Å². The second-order valence-electron chi connectivity index (χ2n) is 8.25. The summed E-state index contributed by atoms with van der Waals surface area (Å²) in [6.07, 6.45) is 4.49. The van der Waals surface area contributed by atoms with Gasteiger partial charge in [-0.1, -0.05) is 31.5 Å². The average molecular weight is 416 g/mol. The lowest BCUT2D eigenvalue weighted by Crippen LogP contribution is -2.69. The van der Waals surface area contributed by atoms with Crippen molar-refractivity contribution >= 4 is 23.4 Å². The first-order valence-corrected chi connectivity index (χ1v) is 10.4. The van der Waals surface area contributed by atoms with Gasteiger partial charge in [-0.2, -0.15) is 5.10 Å². The molecular formula is C21H26ClN5O2. The third-order valence-electron chi connectivity index (χ3n) is 5.49. The van der Waals surface area contributed by atoms with Crippen molar-refractivity contribution in [3.63, 3.8) is 0 Å². The van der Waals surface area contributed by atoms with Crippen molar-refractivity contribution < 1.29 is 9.59 Å². The molecule has 8 heteroatoms. The van der Waals surface area contributed by atoms with E-state index in [1.54, 1.807) is 9.58 Å². The Morgan fingerprint density at radius 3 is 2.86 bits per heavy atom. The quantitative estimate of drug-likeness (QED) is 0.811. The highest BCUT2D eigenvalue weighted by molar-refractivity contribution is 6.30. The molecule has 0 unspecified atom stereocenters. The van der Waals surface area contributed by atoms with Crippen LogP contribution >= 0.6 is 11.6 Å². The monoisotopic (exact) mass is 415 g/mol. The minimum Gasteiger partial charge on any atom is -0.342 e. The molecule has 154 valence electrons. The van der Waals surface area contributed by atoms with Crippen molar-refractivity contribution in [2.24, 2.45) is 5.92 Å². The summed E-state index contributed by atoms with van der Waals surface area (Å²) in [6, 6.07) is 6.74.